The fourth-order valence-corrected chi connectivity index (χ4v) is 7.57. The Bertz CT molecular complexity index is 916. The van der Waals surface area contributed by atoms with Gasteiger partial charge in [-0.3, -0.25) is 9.05 Å². The molecular formula is C52H103O12P. The van der Waals surface area contributed by atoms with Crippen LogP contribution in [0.25, 0.3) is 0 Å². The maximum absolute atomic E-state index is 12.0. The predicted octanol–water partition coefficient (Wildman–Crippen LogP) is 13.3. The first-order valence-electron chi connectivity index (χ1n) is 26.7. The zero-order chi connectivity index (χ0) is 46.9. The van der Waals surface area contributed by atoms with Crippen LogP contribution in [-0.2, 0) is 51.5 Å². The van der Waals surface area contributed by atoms with Crippen LogP contribution in [0.2, 0.25) is 0 Å². The summed E-state index contributed by atoms with van der Waals surface area (Å²) in [5, 5.41) is 0. The zero-order valence-electron chi connectivity index (χ0n) is 42.2. The lowest BCUT2D eigenvalue weighted by Gasteiger charge is -2.12. The molecule has 0 aromatic rings. The highest BCUT2D eigenvalue weighted by Gasteiger charge is 2.20. The van der Waals surface area contributed by atoms with E-state index in [0.717, 1.165) is 26.1 Å². The molecule has 0 saturated carbocycles. The van der Waals surface area contributed by atoms with Crippen LogP contribution in [0.5, 0.6) is 0 Å². The summed E-state index contributed by atoms with van der Waals surface area (Å²) in [5.74, 6) is 0. The number of hydrogen-bond donors (Lipinski definition) is 1. The summed E-state index contributed by atoms with van der Waals surface area (Å²) in [7, 11) is -4.18. The summed E-state index contributed by atoms with van der Waals surface area (Å²) in [6.45, 7) is 11.9. The van der Waals surface area contributed by atoms with Gasteiger partial charge in [0.1, 0.15) is 0 Å². The lowest BCUT2D eigenvalue weighted by Crippen LogP contribution is -2.14. The molecule has 0 aliphatic rings. The highest BCUT2D eigenvalue weighted by molar-refractivity contribution is 7.47. The second-order valence-corrected chi connectivity index (χ2v) is 18.4. The first-order chi connectivity index (χ1) is 32.1. The smallest absolute Gasteiger partial charge is 0.379 e. The lowest BCUT2D eigenvalue weighted by atomic mass is 10.1. The Morgan fingerprint density at radius 3 is 0.738 bits per heavy atom. The van der Waals surface area contributed by atoms with Crippen LogP contribution in [0.15, 0.2) is 24.3 Å². The molecule has 0 unspecified atom stereocenters. The summed E-state index contributed by atoms with van der Waals surface area (Å²) in [5.41, 5.74) is 0. The van der Waals surface area contributed by atoms with Crippen LogP contribution in [-0.4, -0.2) is 124 Å². The minimum atomic E-state index is -4.18. The Labute approximate surface area is 399 Å². The molecular weight excluding hydrogens is 848 g/mol. The molecule has 13 heteroatoms. The standard InChI is InChI=1S/C52H103O12P/c1-3-5-7-9-11-13-15-17-19-21-23-25-27-29-31-33-35-55-37-39-57-41-43-59-45-47-61-49-51-63-65(53,54)64-52-50-62-48-46-60-44-42-58-40-38-56-36-34-32-30-28-26-24-22-20-18-16-14-12-10-8-6-4-2/h17-20H,3-16,21-52H2,1-2H3,(H,53,54)/b19-17+,20-18+. The van der Waals surface area contributed by atoms with E-state index in [1.165, 1.54) is 167 Å². The van der Waals surface area contributed by atoms with Gasteiger partial charge in [0.2, 0.25) is 0 Å². The third kappa shape index (κ3) is 59.3. The topological polar surface area (TPSA) is 130 Å². The van der Waals surface area contributed by atoms with Crippen molar-refractivity contribution in [1.82, 2.24) is 0 Å². The van der Waals surface area contributed by atoms with E-state index in [-0.39, 0.29) is 26.4 Å². The summed E-state index contributed by atoms with van der Waals surface area (Å²) < 4.78 is 66.1. The van der Waals surface area contributed by atoms with E-state index >= 15 is 0 Å². The van der Waals surface area contributed by atoms with E-state index in [2.05, 4.69) is 38.2 Å². The van der Waals surface area contributed by atoms with E-state index < -0.39 is 7.82 Å². The van der Waals surface area contributed by atoms with Gasteiger partial charge in [-0.05, 0) is 64.2 Å². The van der Waals surface area contributed by atoms with Gasteiger partial charge in [0, 0.05) is 13.2 Å². The van der Waals surface area contributed by atoms with Crippen molar-refractivity contribution in [2.45, 2.75) is 194 Å². The molecule has 0 amide bonds. The largest absolute Gasteiger partial charge is 0.472 e. The molecule has 1 N–H and O–H groups in total. The van der Waals surface area contributed by atoms with Gasteiger partial charge >= 0.3 is 7.82 Å². The molecule has 388 valence electrons. The second-order valence-electron chi connectivity index (χ2n) is 16.9. The molecule has 0 saturated heterocycles. The molecule has 65 heavy (non-hydrogen) atoms. The summed E-state index contributed by atoms with van der Waals surface area (Å²) in [6.07, 6.45) is 46.1. The van der Waals surface area contributed by atoms with Crippen molar-refractivity contribution in [3.63, 3.8) is 0 Å². The zero-order valence-corrected chi connectivity index (χ0v) is 43.1. The van der Waals surface area contributed by atoms with Gasteiger partial charge in [0.15, 0.2) is 0 Å². The third-order valence-corrected chi connectivity index (χ3v) is 11.8. The second kappa shape index (κ2) is 57.6. The molecule has 0 aromatic heterocycles. The fraction of sp³-hybridized carbons (Fsp3) is 0.923. The van der Waals surface area contributed by atoms with Crippen molar-refractivity contribution in [3.8, 4) is 0 Å². The number of phosphoric ester groups is 1. The number of hydrogen-bond acceptors (Lipinski definition) is 11. The molecule has 0 bridgehead atoms. The summed E-state index contributed by atoms with van der Waals surface area (Å²) >= 11 is 0. The monoisotopic (exact) mass is 951 g/mol. The first kappa shape index (κ1) is 64.3. The third-order valence-electron chi connectivity index (χ3n) is 10.8. The molecule has 0 aliphatic carbocycles. The highest BCUT2D eigenvalue weighted by Crippen LogP contribution is 2.42. The number of phosphoric acid groups is 1. The normalized spacial score (nSPS) is 12.2. The molecule has 0 spiro atoms. The molecule has 12 nitrogen and oxygen atoms in total. The highest BCUT2D eigenvalue weighted by atomic mass is 31.2. The molecule has 0 rings (SSSR count). The van der Waals surface area contributed by atoms with Crippen molar-refractivity contribution in [2.75, 3.05) is 119 Å². The molecule has 0 atom stereocenters. The first-order valence-corrected chi connectivity index (χ1v) is 28.2. The Morgan fingerprint density at radius 2 is 0.477 bits per heavy atom. The van der Waals surface area contributed by atoms with Gasteiger partial charge in [0.05, 0.1) is 106 Å². The van der Waals surface area contributed by atoms with Gasteiger partial charge in [0.25, 0.3) is 0 Å². The van der Waals surface area contributed by atoms with Gasteiger partial charge in [-0.2, -0.15) is 0 Å². The molecule has 0 aliphatic heterocycles. The quantitative estimate of drug-likeness (QED) is 0.0354. The molecule has 0 radical (unpaired) electrons. The number of rotatable bonds is 58. The molecule has 0 aromatic carbocycles. The number of unbranched alkanes of at least 4 members (excludes halogenated alkanes) is 24. The average Bonchev–Trinajstić information content (AvgIpc) is 3.30. The summed E-state index contributed by atoms with van der Waals surface area (Å²) in [6, 6.07) is 0. The fourth-order valence-electron chi connectivity index (χ4n) is 6.89. The Hall–Kier alpha value is -0.730. The van der Waals surface area contributed by atoms with Crippen molar-refractivity contribution >= 4 is 7.82 Å². The van der Waals surface area contributed by atoms with Crippen molar-refractivity contribution in [3.05, 3.63) is 24.3 Å². The predicted molar refractivity (Wildman–Crippen MR) is 267 cm³/mol. The van der Waals surface area contributed by atoms with Gasteiger partial charge in [-0.15, -0.1) is 0 Å². The van der Waals surface area contributed by atoms with Crippen molar-refractivity contribution in [2.24, 2.45) is 0 Å². The van der Waals surface area contributed by atoms with E-state index in [9.17, 15) is 9.46 Å². The number of ether oxygens (including phenoxy) is 8. The van der Waals surface area contributed by atoms with Crippen LogP contribution in [0.1, 0.15) is 194 Å². The van der Waals surface area contributed by atoms with Crippen LogP contribution in [0.4, 0.5) is 0 Å². The van der Waals surface area contributed by atoms with E-state index in [1.807, 2.05) is 0 Å². The van der Waals surface area contributed by atoms with E-state index in [0.29, 0.717) is 79.3 Å². The van der Waals surface area contributed by atoms with Gasteiger partial charge in [-0.25, -0.2) is 4.57 Å². The Morgan fingerprint density at radius 1 is 0.277 bits per heavy atom. The van der Waals surface area contributed by atoms with E-state index in [1.54, 1.807) is 0 Å². The molecule has 0 heterocycles. The van der Waals surface area contributed by atoms with Gasteiger partial charge in [-0.1, -0.05) is 154 Å². The minimum absolute atomic E-state index is 0.0744. The van der Waals surface area contributed by atoms with Crippen LogP contribution >= 0.6 is 7.82 Å². The van der Waals surface area contributed by atoms with Crippen LogP contribution in [0.3, 0.4) is 0 Å². The minimum Gasteiger partial charge on any atom is -0.379 e. The summed E-state index contributed by atoms with van der Waals surface area (Å²) in [4.78, 5) is 9.82. The maximum atomic E-state index is 12.0. The van der Waals surface area contributed by atoms with Crippen molar-refractivity contribution < 1.29 is 56.4 Å². The van der Waals surface area contributed by atoms with E-state index in [4.69, 9.17) is 46.9 Å². The van der Waals surface area contributed by atoms with Gasteiger partial charge < -0.3 is 42.8 Å². The van der Waals surface area contributed by atoms with Crippen LogP contribution in [0, 0.1) is 0 Å². The van der Waals surface area contributed by atoms with Crippen molar-refractivity contribution in [1.29, 1.82) is 0 Å². The molecule has 0 fully saturated rings. The average molecular weight is 951 g/mol. The Balaban J connectivity index is 3.25. The number of allylic oxidation sites excluding steroid dienone is 4. The maximum Gasteiger partial charge on any atom is 0.472 e. The lowest BCUT2D eigenvalue weighted by molar-refractivity contribution is -0.00927. The Kier molecular flexibility index (Phi) is 56.9. The SMILES string of the molecule is CCCCCCCC/C=C/CCCCCCCCOCCOCCOCCOCCOP(=O)(O)OCCOCCOCCOCCOCCCCCCCC/C=C/CCCCCCCC. The van der Waals surface area contributed by atoms with Crippen LogP contribution < -0.4 is 0 Å².